The number of nitrogen functional groups attached to an aromatic ring is 1. The average Bonchev–Trinajstić information content (AvgIpc) is 2.90. The number of aryl methyl sites for hydroxylation is 2. The van der Waals surface area contributed by atoms with Crippen molar-refractivity contribution in [3.8, 4) is 11.3 Å². The molecule has 2 N–H and O–H groups in total. The third-order valence-electron chi connectivity index (χ3n) is 4.21. The first-order chi connectivity index (χ1) is 10.2. The summed E-state index contributed by atoms with van der Waals surface area (Å²) in [6, 6.07) is 8.49. The third kappa shape index (κ3) is 2.18. The van der Waals surface area contributed by atoms with Crippen molar-refractivity contribution in [2.24, 2.45) is 0 Å². The Balaban J connectivity index is 1.82. The van der Waals surface area contributed by atoms with Gasteiger partial charge in [0.2, 0.25) is 0 Å². The van der Waals surface area contributed by atoms with Gasteiger partial charge in [-0.05, 0) is 42.9 Å². The van der Waals surface area contributed by atoms with E-state index < -0.39 is 0 Å². The number of halogens is 1. The van der Waals surface area contributed by atoms with Crippen LogP contribution in [0.5, 0.6) is 0 Å². The van der Waals surface area contributed by atoms with E-state index in [2.05, 4.69) is 23.2 Å². The largest absolute Gasteiger partial charge is 0.396 e. The van der Waals surface area contributed by atoms with Gasteiger partial charge in [0, 0.05) is 24.0 Å². The van der Waals surface area contributed by atoms with Crippen molar-refractivity contribution in [1.82, 2.24) is 9.38 Å². The lowest BCUT2D eigenvalue weighted by molar-refractivity contribution is 0.686. The third-order valence-corrected chi connectivity index (χ3v) is 4.54. The van der Waals surface area contributed by atoms with Gasteiger partial charge in [0.05, 0.1) is 16.4 Å². The molecule has 1 aliphatic rings. The summed E-state index contributed by atoms with van der Waals surface area (Å²) in [7, 11) is 0. The zero-order chi connectivity index (χ0) is 14.4. The fourth-order valence-electron chi connectivity index (χ4n) is 3.06. The molecule has 0 amide bonds. The Bertz CT molecular complexity index is 796. The van der Waals surface area contributed by atoms with E-state index in [1.165, 1.54) is 36.8 Å². The molecule has 3 aromatic rings. The highest BCUT2D eigenvalue weighted by molar-refractivity contribution is 6.33. The molecular formula is C17H16ClN3. The first-order valence-corrected chi connectivity index (χ1v) is 7.64. The number of imidazole rings is 1. The second-order valence-electron chi connectivity index (χ2n) is 5.66. The fourth-order valence-corrected chi connectivity index (χ4v) is 3.20. The molecule has 21 heavy (non-hydrogen) atoms. The van der Waals surface area contributed by atoms with Crippen LogP contribution >= 0.6 is 11.6 Å². The van der Waals surface area contributed by atoms with Crippen LogP contribution < -0.4 is 5.73 Å². The van der Waals surface area contributed by atoms with Gasteiger partial charge in [0.1, 0.15) is 5.65 Å². The molecule has 0 bridgehead atoms. The topological polar surface area (TPSA) is 43.3 Å². The molecule has 0 radical (unpaired) electrons. The first kappa shape index (κ1) is 12.7. The minimum absolute atomic E-state index is 0.546. The fraction of sp³-hybridized carbons (Fsp3) is 0.235. The van der Waals surface area contributed by atoms with Crippen LogP contribution in [-0.4, -0.2) is 9.38 Å². The summed E-state index contributed by atoms with van der Waals surface area (Å²) in [4.78, 5) is 4.66. The molecule has 0 aliphatic heterocycles. The molecule has 106 valence electrons. The van der Waals surface area contributed by atoms with Gasteiger partial charge in [-0.2, -0.15) is 0 Å². The van der Waals surface area contributed by atoms with Crippen molar-refractivity contribution in [2.45, 2.75) is 25.7 Å². The molecule has 2 aromatic heterocycles. The molecule has 0 unspecified atom stereocenters. The predicted octanol–water partition coefficient (Wildman–Crippen LogP) is 4.12. The van der Waals surface area contributed by atoms with E-state index in [-0.39, 0.29) is 0 Å². The van der Waals surface area contributed by atoms with Crippen LogP contribution in [0, 0.1) is 0 Å². The second kappa shape index (κ2) is 4.78. The Morgan fingerprint density at radius 1 is 1.05 bits per heavy atom. The number of hydrogen-bond acceptors (Lipinski definition) is 2. The number of hydrogen-bond donors (Lipinski definition) is 1. The molecule has 1 aliphatic carbocycles. The van der Waals surface area contributed by atoms with Crippen LogP contribution in [0.2, 0.25) is 5.02 Å². The molecule has 0 fully saturated rings. The van der Waals surface area contributed by atoms with Gasteiger partial charge in [0.15, 0.2) is 0 Å². The lowest BCUT2D eigenvalue weighted by atomic mass is 9.90. The molecule has 3 nitrogen and oxygen atoms in total. The van der Waals surface area contributed by atoms with E-state index in [1.54, 1.807) is 6.07 Å². The zero-order valence-electron chi connectivity index (χ0n) is 11.6. The maximum Gasteiger partial charge on any atom is 0.139 e. The minimum atomic E-state index is 0.546. The summed E-state index contributed by atoms with van der Waals surface area (Å²) < 4.78 is 1.93. The quantitative estimate of drug-likeness (QED) is 0.734. The van der Waals surface area contributed by atoms with Crippen LogP contribution in [0.4, 0.5) is 5.69 Å². The standard InChI is InChI=1S/C17H16ClN3/c18-14-8-17-20-16(10-21(17)9-15(14)19)13-6-5-11-3-1-2-4-12(11)7-13/h5-10H,1-4,19H2. The molecule has 0 spiro atoms. The lowest BCUT2D eigenvalue weighted by Crippen LogP contribution is -2.02. The number of anilines is 1. The summed E-state index contributed by atoms with van der Waals surface area (Å²) >= 11 is 6.06. The van der Waals surface area contributed by atoms with Crippen molar-refractivity contribution >= 4 is 22.9 Å². The minimum Gasteiger partial charge on any atom is -0.396 e. The maximum atomic E-state index is 6.06. The molecule has 0 saturated heterocycles. The number of nitrogens with zero attached hydrogens (tertiary/aromatic N) is 2. The van der Waals surface area contributed by atoms with Crippen LogP contribution in [-0.2, 0) is 12.8 Å². The van der Waals surface area contributed by atoms with Crippen LogP contribution in [0.3, 0.4) is 0 Å². The Morgan fingerprint density at radius 2 is 1.86 bits per heavy atom. The molecule has 4 heteroatoms. The van der Waals surface area contributed by atoms with Gasteiger partial charge >= 0.3 is 0 Å². The summed E-state index contributed by atoms with van der Waals surface area (Å²) in [5.74, 6) is 0. The van der Waals surface area contributed by atoms with E-state index in [4.69, 9.17) is 17.3 Å². The van der Waals surface area contributed by atoms with E-state index >= 15 is 0 Å². The second-order valence-corrected chi connectivity index (χ2v) is 6.07. The molecule has 0 saturated carbocycles. The Labute approximate surface area is 128 Å². The molecular weight excluding hydrogens is 282 g/mol. The van der Waals surface area contributed by atoms with Gasteiger partial charge in [-0.3, -0.25) is 0 Å². The number of rotatable bonds is 1. The maximum absolute atomic E-state index is 6.06. The van der Waals surface area contributed by atoms with Crippen molar-refractivity contribution in [3.63, 3.8) is 0 Å². The Kier molecular flexibility index (Phi) is 2.89. The number of benzene rings is 1. The lowest BCUT2D eigenvalue weighted by Gasteiger charge is -2.15. The van der Waals surface area contributed by atoms with Gasteiger partial charge in [-0.15, -0.1) is 0 Å². The predicted molar refractivity (Wildman–Crippen MR) is 86.7 cm³/mol. The van der Waals surface area contributed by atoms with Gasteiger partial charge in [-0.25, -0.2) is 4.98 Å². The number of nitrogens with two attached hydrogens (primary N) is 1. The van der Waals surface area contributed by atoms with E-state index in [1.807, 2.05) is 16.8 Å². The Morgan fingerprint density at radius 3 is 2.71 bits per heavy atom. The summed E-state index contributed by atoms with van der Waals surface area (Å²) in [5.41, 5.74) is 12.3. The molecule has 1 aromatic carbocycles. The highest BCUT2D eigenvalue weighted by Crippen LogP contribution is 2.28. The molecule has 2 heterocycles. The van der Waals surface area contributed by atoms with Gasteiger partial charge in [-0.1, -0.05) is 23.7 Å². The van der Waals surface area contributed by atoms with Crippen LogP contribution in [0.1, 0.15) is 24.0 Å². The van der Waals surface area contributed by atoms with E-state index in [0.717, 1.165) is 16.9 Å². The monoisotopic (exact) mass is 297 g/mol. The van der Waals surface area contributed by atoms with E-state index in [0.29, 0.717) is 10.7 Å². The number of aromatic nitrogens is 2. The smallest absolute Gasteiger partial charge is 0.139 e. The highest BCUT2D eigenvalue weighted by atomic mass is 35.5. The highest BCUT2D eigenvalue weighted by Gasteiger charge is 2.12. The SMILES string of the molecule is Nc1cn2cc(-c3ccc4c(c3)CCCC4)nc2cc1Cl. The Hall–Kier alpha value is -2.00. The molecule has 0 atom stereocenters. The summed E-state index contributed by atoms with van der Waals surface area (Å²) in [6.07, 6.45) is 8.79. The normalized spacial score (nSPS) is 14.3. The summed E-state index contributed by atoms with van der Waals surface area (Å²) in [5, 5.41) is 0.546. The van der Waals surface area contributed by atoms with Crippen molar-refractivity contribution in [1.29, 1.82) is 0 Å². The zero-order valence-corrected chi connectivity index (χ0v) is 12.4. The number of pyridine rings is 1. The summed E-state index contributed by atoms with van der Waals surface area (Å²) in [6.45, 7) is 0. The average molecular weight is 298 g/mol. The van der Waals surface area contributed by atoms with Crippen LogP contribution in [0.15, 0.2) is 36.7 Å². The van der Waals surface area contributed by atoms with Crippen molar-refractivity contribution in [2.75, 3.05) is 5.73 Å². The number of fused-ring (bicyclic) bond motifs is 2. The van der Waals surface area contributed by atoms with Crippen LogP contribution in [0.25, 0.3) is 16.9 Å². The first-order valence-electron chi connectivity index (χ1n) is 7.26. The van der Waals surface area contributed by atoms with E-state index in [9.17, 15) is 0 Å². The van der Waals surface area contributed by atoms with Crippen molar-refractivity contribution in [3.05, 3.63) is 52.8 Å². The van der Waals surface area contributed by atoms with Gasteiger partial charge in [0.25, 0.3) is 0 Å². The van der Waals surface area contributed by atoms with Crippen molar-refractivity contribution < 1.29 is 0 Å². The molecule has 4 rings (SSSR count). The van der Waals surface area contributed by atoms with Gasteiger partial charge < -0.3 is 10.1 Å².